The van der Waals surface area contributed by atoms with Crippen molar-refractivity contribution in [3.63, 3.8) is 0 Å². The summed E-state index contributed by atoms with van der Waals surface area (Å²) in [6.07, 6.45) is 1.79. The monoisotopic (exact) mass is 335 g/mol. The van der Waals surface area contributed by atoms with E-state index in [1.807, 2.05) is 18.9 Å². The van der Waals surface area contributed by atoms with Crippen molar-refractivity contribution in [1.29, 1.82) is 0 Å². The smallest absolute Gasteiger partial charge is 0.213 e. The van der Waals surface area contributed by atoms with E-state index in [0.29, 0.717) is 19.0 Å². The van der Waals surface area contributed by atoms with Gasteiger partial charge in [-0.2, -0.15) is 0 Å². The van der Waals surface area contributed by atoms with Crippen molar-refractivity contribution in [3.05, 3.63) is 33.9 Å². The maximum absolute atomic E-state index is 5.79. The second kappa shape index (κ2) is 7.12. The normalized spacial score (nSPS) is 12.5. The van der Waals surface area contributed by atoms with Gasteiger partial charge in [0.2, 0.25) is 5.89 Å². The number of aryl methyl sites for hydroxylation is 1. The summed E-state index contributed by atoms with van der Waals surface area (Å²) in [4.78, 5) is 15.1. The van der Waals surface area contributed by atoms with E-state index in [4.69, 9.17) is 4.42 Å². The van der Waals surface area contributed by atoms with Crippen molar-refractivity contribution in [2.75, 3.05) is 14.1 Å². The lowest BCUT2D eigenvalue weighted by molar-refractivity contribution is 0.376. The first kappa shape index (κ1) is 17.5. The fourth-order valence-corrected chi connectivity index (χ4v) is 2.68. The molecular weight excluding hydrogens is 310 g/mol. The highest BCUT2D eigenvalue weighted by Gasteiger charge is 2.19. The molecule has 0 spiro atoms. The van der Waals surface area contributed by atoms with E-state index in [0.717, 1.165) is 22.4 Å². The molecule has 2 rings (SSSR count). The molecule has 0 bridgehead atoms. The SMILES string of the molecule is CN=C(NCc1ncc(C(C)(C)C)o1)N(C)Cc1csc(C)n1. The van der Waals surface area contributed by atoms with E-state index < -0.39 is 0 Å². The molecule has 0 aromatic carbocycles. The number of thiazole rings is 1. The molecule has 0 aliphatic carbocycles. The number of rotatable bonds is 4. The van der Waals surface area contributed by atoms with Gasteiger partial charge in [-0.15, -0.1) is 11.3 Å². The van der Waals surface area contributed by atoms with Crippen molar-refractivity contribution in [3.8, 4) is 0 Å². The molecule has 6 nitrogen and oxygen atoms in total. The van der Waals surface area contributed by atoms with Gasteiger partial charge in [0, 0.05) is 24.9 Å². The Balaban J connectivity index is 1.93. The van der Waals surface area contributed by atoms with Crippen LogP contribution in [0.3, 0.4) is 0 Å². The quantitative estimate of drug-likeness (QED) is 0.687. The lowest BCUT2D eigenvalue weighted by Crippen LogP contribution is -2.38. The molecule has 2 aromatic heterocycles. The minimum atomic E-state index is -0.0355. The summed E-state index contributed by atoms with van der Waals surface area (Å²) in [6, 6.07) is 0. The van der Waals surface area contributed by atoms with Crippen LogP contribution < -0.4 is 5.32 Å². The first-order valence-corrected chi connectivity index (χ1v) is 8.45. The number of hydrogen-bond acceptors (Lipinski definition) is 5. The lowest BCUT2D eigenvalue weighted by Gasteiger charge is -2.20. The van der Waals surface area contributed by atoms with E-state index in [1.54, 1.807) is 24.6 Å². The van der Waals surface area contributed by atoms with Crippen molar-refractivity contribution in [1.82, 2.24) is 20.2 Å². The number of nitrogens with one attached hydrogen (secondary N) is 1. The van der Waals surface area contributed by atoms with Crippen LogP contribution >= 0.6 is 11.3 Å². The average Bonchev–Trinajstić information content (AvgIpc) is 3.08. The van der Waals surface area contributed by atoms with Gasteiger partial charge in [0.05, 0.1) is 30.0 Å². The molecule has 1 N–H and O–H groups in total. The molecule has 0 amide bonds. The molecule has 0 radical (unpaired) electrons. The second-order valence-electron chi connectivity index (χ2n) is 6.48. The van der Waals surface area contributed by atoms with Gasteiger partial charge in [-0.25, -0.2) is 9.97 Å². The largest absolute Gasteiger partial charge is 0.443 e. The molecule has 2 aromatic rings. The Morgan fingerprint density at radius 1 is 1.43 bits per heavy atom. The van der Waals surface area contributed by atoms with Gasteiger partial charge in [-0.05, 0) is 6.92 Å². The Kier molecular flexibility index (Phi) is 5.41. The summed E-state index contributed by atoms with van der Waals surface area (Å²) in [5.41, 5.74) is 1.01. The molecule has 126 valence electrons. The third-order valence-corrected chi connectivity index (χ3v) is 4.15. The first-order valence-electron chi connectivity index (χ1n) is 7.57. The van der Waals surface area contributed by atoms with Crippen molar-refractivity contribution in [2.45, 2.75) is 46.2 Å². The van der Waals surface area contributed by atoms with Crippen LogP contribution in [0.4, 0.5) is 0 Å². The zero-order valence-corrected chi connectivity index (χ0v) is 15.5. The Labute approximate surface area is 141 Å². The van der Waals surface area contributed by atoms with Gasteiger partial charge in [-0.1, -0.05) is 20.8 Å². The van der Waals surface area contributed by atoms with E-state index in [9.17, 15) is 0 Å². The van der Waals surface area contributed by atoms with Gasteiger partial charge in [0.1, 0.15) is 5.76 Å². The molecule has 7 heteroatoms. The van der Waals surface area contributed by atoms with Crippen molar-refractivity contribution < 1.29 is 4.42 Å². The van der Waals surface area contributed by atoms with E-state index in [2.05, 4.69) is 46.4 Å². The number of guanidine groups is 1. The zero-order chi connectivity index (χ0) is 17.0. The fourth-order valence-electron chi connectivity index (χ4n) is 2.08. The fraction of sp³-hybridized carbons (Fsp3) is 0.562. The third kappa shape index (κ3) is 4.79. The molecule has 0 saturated carbocycles. The maximum Gasteiger partial charge on any atom is 0.213 e. The van der Waals surface area contributed by atoms with E-state index in [1.165, 1.54) is 0 Å². The highest BCUT2D eigenvalue weighted by Crippen LogP contribution is 2.22. The minimum Gasteiger partial charge on any atom is -0.443 e. The van der Waals surface area contributed by atoms with Crippen LogP contribution in [0.5, 0.6) is 0 Å². The average molecular weight is 335 g/mol. The molecule has 23 heavy (non-hydrogen) atoms. The topological polar surface area (TPSA) is 66.6 Å². The number of aliphatic imine (C=N–C) groups is 1. The van der Waals surface area contributed by atoms with Crippen molar-refractivity contribution >= 4 is 17.3 Å². The van der Waals surface area contributed by atoms with Crippen LogP contribution in [0.25, 0.3) is 0 Å². The molecular formula is C16H25N5OS. The van der Waals surface area contributed by atoms with E-state index >= 15 is 0 Å². The summed E-state index contributed by atoms with van der Waals surface area (Å²) in [7, 11) is 3.75. The minimum absolute atomic E-state index is 0.0355. The van der Waals surface area contributed by atoms with Crippen LogP contribution in [0.1, 0.15) is 43.1 Å². The summed E-state index contributed by atoms with van der Waals surface area (Å²) >= 11 is 1.66. The van der Waals surface area contributed by atoms with Crippen molar-refractivity contribution in [2.24, 2.45) is 4.99 Å². The Morgan fingerprint density at radius 2 is 2.17 bits per heavy atom. The summed E-state index contributed by atoms with van der Waals surface area (Å²) < 4.78 is 5.79. The molecule has 0 unspecified atom stereocenters. The van der Waals surface area contributed by atoms with Gasteiger partial charge < -0.3 is 14.6 Å². The van der Waals surface area contributed by atoms with Crippen LogP contribution in [0.15, 0.2) is 21.0 Å². The predicted molar refractivity (Wildman–Crippen MR) is 93.7 cm³/mol. The van der Waals surface area contributed by atoms with Gasteiger partial charge >= 0.3 is 0 Å². The van der Waals surface area contributed by atoms with Crippen LogP contribution in [-0.2, 0) is 18.5 Å². The molecule has 0 fully saturated rings. The Hall–Kier alpha value is -1.89. The zero-order valence-electron chi connectivity index (χ0n) is 14.7. The standard InChI is InChI=1S/C16H25N5OS/c1-11-20-12(10-23-11)9-21(6)15(17-5)19-8-14-18-7-13(22-14)16(2,3)4/h7,10H,8-9H2,1-6H3,(H,17,19). The molecule has 0 atom stereocenters. The second-order valence-corrected chi connectivity index (χ2v) is 7.55. The number of nitrogens with zero attached hydrogens (tertiary/aromatic N) is 4. The van der Waals surface area contributed by atoms with Crippen LogP contribution in [0, 0.1) is 6.92 Å². The lowest BCUT2D eigenvalue weighted by atomic mass is 9.94. The highest BCUT2D eigenvalue weighted by molar-refractivity contribution is 7.09. The predicted octanol–water partition coefficient (Wildman–Crippen LogP) is 2.94. The molecule has 0 aliphatic rings. The number of aromatic nitrogens is 2. The van der Waals surface area contributed by atoms with Gasteiger partial charge in [0.25, 0.3) is 0 Å². The Bertz CT molecular complexity index is 668. The number of oxazole rings is 1. The molecule has 0 saturated heterocycles. The van der Waals surface area contributed by atoms with Gasteiger partial charge in [0.15, 0.2) is 5.96 Å². The van der Waals surface area contributed by atoms with E-state index in [-0.39, 0.29) is 5.41 Å². The Morgan fingerprint density at radius 3 is 2.70 bits per heavy atom. The number of hydrogen-bond donors (Lipinski definition) is 1. The summed E-state index contributed by atoms with van der Waals surface area (Å²) in [5.74, 6) is 2.33. The first-order chi connectivity index (χ1) is 10.8. The molecule has 0 aliphatic heterocycles. The van der Waals surface area contributed by atoms with Crippen LogP contribution in [0.2, 0.25) is 0 Å². The van der Waals surface area contributed by atoms with Gasteiger partial charge in [-0.3, -0.25) is 4.99 Å². The maximum atomic E-state index is 5.79. The third-order valence-electron chi connectivity index (χ3n) is 3.33. The van der Waals surface area contributed by atoms with Crippen LogP contribution in [-0.4, -0.2) is 34.9 Å². The highest BCUT2D eigenvalue weighted by atomic mass is 32.1. The molecule has 2 heterocycles. The summed E-state index contributed by atoms with van der Waals surface area (Å²) in [5, 5.41) is 6.42. The summed E-state index contributed by atoms with van der Waals surface area (Å²) in [6.45, 7) is 9.54.